The molecule has 0 saturated heterocycles. The molecule has 0 aliphatic heterocycles. The SMILES string of the molecule is CC(Br)CCCCCOCCCCCC(C)Br. The van der Waals surface area contributed by atoms with Crippen LogP contribution in [0.3, 0.4) is 0 Å². The Kier molecular flexibility index (Phi) is 14.1. The zero-order valence-electron chi connectivity index (χ0n) is 11.4. The number of hydrogen-bond donors (Lipinski definition) is 0. The first-order chi connectivity index (χ1) is 8.13. The lowest BCUT2D eigenvalue weighted by molar-refractivity contribution is 0.125. The van der Waals surface area contributed by atoms with Gasteiger partial charge in [-0.3, -0.25) is 0 Å². The molecule has 0 rings (SSSR count). The molecular weight excluding hydrogens is 344 g/mol. The van der Waals surface area contributed by atoms with Gasteiger partial charge >= 0.3 is 0 Å². The number of halogens is 2. The fraction of sp³-hybridized carbons (Fsp3) is 1.00. The lowest BCUT2D eigenvalue weighted by Crippen LogP contribution is -1.98. The van der Waals surface area contributed by atoms with Crippen molar-refractivity contribution in [2.75, 3.05) is 13.2 Å². The lowest BCUT2D eigenvalue weighted by atomic mass is 10.1. The van der Waals surface area contributed by atoms with Crippen LogP contribution in [-0.2, 0) is 4.74 Å². The van der Waals surface area contributed by atoms with E-state index < -0.39 is 0 Å². The molecule has 0 amide bonds. The van der Waals surface area contributed by atoms with E-state index in [1.165, 1.54) is 51.4 Å². The summed E-state index contributed by atoms with van der Waals surface area (Å²) < 4.78 is 5.62. The highest BCUT2D eigenvalue weighted by molar-refractivity contribution is 9.09. The zero-order chi connectivity index (χ0) is 12.9. The Bertz CT molecular complexity index is 133. The maximum Gasteiger partial charge on any atom is 0.0466 e. The minimum Gasteiger partial charge on any atom is -0.381 e. The van der Waals surface area contributed by atoms with Gasteiger partial charge in [-0.2, -0.15) is 0 Å². The molecule has 17 heavy (non-hydrogen) atoms. The van der Waals surface area contributed by atoms with Crippen molar-refractivity contribution >= 4 is 31.9 Å². The highest BCUT2D eigenvalue weighted by Crippen LogP contribution is 2.11. The largest absolute Gasteiger partial charge is 0.381 e. The van der Waals surface area contributed by atoms with Crippen molar-refractivity contribution in [2.45, 2.75) is 74.9 Å². The number of hydrogen-bond acceptors (Lipinski definition) is 1. The number of alkyl halides is 2. The van der Waals surface area contributed by atoms with Crippen LogP contribution >= 0.6 is 31.9 Å². The van der Waals surface area contributed by atoms with E-state index in [0.717, 1.165) is 13.2 Å². The third-order valence-electron chi connectivity index (χ3n) is 2.78. The average molecular weight is 372 g/mol. The summed E-state index contributed by atoms with van der Waals surface area (Å²) in [7, 11) is 0. The third kappa shape index (κ3) is 16.9. The molecule has 0 aromatic rings. The van der Waals surface area contributed by atoms with Crippen molar-refractivity contribution < 1.29 is 4.74 Å². The van der Waals surface area contributed by atoms with Gasteiger partial charge in [0, 0.05) is 22.9 Å². The van der Waals surface area contributed by atoms with E-state index in [4.69, 9.17) is 4.74 Å². The standard InChI is InChI=1S/C14H28Br2O/c1-13(15)9-5-3-7-11-17-12-8-4-6-10-14(2)16/h13-14H,3-12H2,1-2H3. The molecule has 0 radical (unpaired) electrons. The van der Waals surface area contributed by atoms with E-state index in [9.17, 15) is 0 Å². The highest BCUT2D eigenvalue weighted by atomic mass is 79.9. The Hall–Kier alpha value is 0.920. The molecule has 0 heterocycles. The lowest BCUT2D eigenvalue weighted by Gasteiger charge is -2.06. The van der Waals surface area contributed by atoms with Crippen LogP contribution in [0.2, 0.25) is 0 Å². The Morgan fingerprint density at radius 2 is 1.12 bits per heavy atom. The second kappa shape index (κ2) is 13.4. The van der Waals surface area contributed by atoms with Crippen LogP contribution in [-0.4, -0.2) is 22.9 Å². The monoisotopic (exact) mass is 370 g/mol. The van der Waals surface area contributed by atoms with Crippen LogP contribution in [0.15, 0.2) is 0 Å². The van der Waals surface area contributed by atoms with Gasteiger partial charge in [-0.1, -0.05) is 71.4 Å². The predicted molar refractivity (Wildman–Crippen MR) is 84.5 cm³/mol. The van der Waals surface area contributed by atoms with Gasteiger partial charge in [-0.15, -0.1) is 0 Å². The molecule has 0 aliphatic rings. The molecule has 0 spiro atoms. The molecule has 0 aromatic heterocycles. The first kappa shape index (κ1) is 17.9. The topological polar surface area (TPSA) is 9.23 Å². The summed E-state index contributed by atoms with van der Waals surface area (Å²) in [4.78, 5) is 1.33. The molecule has 0 saturated carbocycles. The Morgan fingerprint density at radius 3 is 1.47 bits per heavy atom. The van der Waals surface area contributed by atoms with Gasteiger partial charge in [0.2, 0.25) is 0 Å². The van der Waals surface area contributed by atoms with Crippen molar-refractivity contribution in [3.8, 4) is 0 Å². The minimum absolute atomic E-state index is 0.667. The molecule has 104 valence electrons. The van der Waals surface area contributed by atoms with E-state index in [1.54, 1.807) is 0 Å². The summed E-state index contributed by atoms with van der Waals surface area (Å²) in [6, 6.07) is 0. The Labute approximate surface area is 124 Å². The second-order valence-electron chi connectivity index (χ2n) is 4.87. The summed E-state index contributed by atoms with van der Waals surface area (Å²) in [5.74, 6) is 0. The van der Waals surface area contributed by atoms with E-state index >= 15 is 0 Å². The second-order valence-corrected chi connectivity index (χ2v) is 8.00. The van der Waals surface area contributed by atoms with Crippen LogP contribution in [0.4, 0.5) is 0 Å². The van der Waals surface area contributed by atoms with Crippen LogP contribution in [0.5, 0.6) is 0 Å². The smallest absolute Gasteiger partial charge is 0.0466 e. The summed E-state index contributed by atoms with van der Waals surface area (Å²) >= 11 is 7.14. The maximum absolute atomic E-state index is 5.62. The zero-order valence-corrected chi connectivity index (χ0v) is 14.6. The van der Waals surface area contributed by atoms with E-state index in [2.05, 4.69) is 45.7 Å². The molecule has 0 bridgehead atoms. The summed E-state index contributed by atoms with van der Waals surface area (Å²) in [5.41, 5.74) is 0. The first-order valence-corrected chi connectivity index (χ1v) is 8.82. The third-order valence-corrected chi connectivity index (χ3v) is 3.70. The predicted octanol–water partition coefficient (Wildman–Crippen LogP) is 5.69. The van der Waals surface area contributed by atoms with E-state index in [-0.39, 0.29) is 0 Å². The molecule has 1 nitrogen and oxygen atoms in total. The summed E-state index contributed by atoms with van der Waals surface area (Å²) in [6.45, 7) is 6.33. The van der Waals surface area contributed by atoms with Crippen LogP contribution < -0.4 is 0 Å². The van der Waals surface area contributed by atoms with Gasteiger partial charge in [0.1, 0.15) is 0 Å². The molecule has 2 unspecified atom stereocenters. The molecule has 2 atom stereocenters. The fourth-order valence-corrected chi connectivity index (χ4v) is 2.36. The quantitative estimate of drug-likeness (QED) is 0.316. The number of rotatable bonds is 12. The normalized spacial score (nSPS) is 14.8. The van der Waals surface area contributed by atoms with Crippen LogP contribution in [0, 0.1) is 0 Å². The molecular formula is C14H28Br2O. The van der Waals surface area contributed by atoms with Gasteiger partial charge in [0.05, 0.1) is 0 Å². The van der Waals surface area contributed by atoms with Crippen LogP contribution in [0.1, 0.15) is 65.2 Å². The molecule has 3 heteroatoms. The number of unbranched alkanes of at least 4 members (excludes halogenated alkanes) is 4. The van der Waals surface area contributed by atoms with Crippen molar-refractivity contribution in [1.82, 2.24) is 0 Å². The first-order valence-electron chi connectivity index (χ1n) is 6.98. The van der Waals surface area contributed by atoms with Crippen molar-refractivity contribution in [1.29, 1.82) is 0 Å². The molecule has 0 aromatic carbocycles. The average Bonchev–Trinajstić information content (AvgIpc) is 2.25. The van der Waals surface area contributed by atoms with Crippen LogP contribution in [0.25, 0.3) is 0 Å². The Balaban J connectivity index is 2.94. The Morgan fingerprint density at radius 1 is 0.706 bits per heavy atom. The fourth-order valence-electron chi connectivity index (χ4n) is 1.72. The molecule has 0 fully saturated rings. The van der Waals surface area contributed by atoms with Gasteiger partial charge in [0.25, 0.3) is 0 Å². The van der Waals surface area contributed by atoms with Crippen molar-refractivity contribution in [2.24, 2.45) is 0 Å². The minimum atomic E-state index is 0.667. The van der Waals surface area contributed by atoms with Gasteiger partial charge in [-0.25, -0.2) is 0 Å². The summed E-state index contributed by atoms with van der Waals surface area (Å²) in [5, 5.41) is 0. The maximum atomic E-state index is 5.62. The summed E-state index contributed by atoms with van der Waals surface area (Å²) in [6.07, 6.45) is 10.2. The van der Waals surface area contributed by atoms with Crippen molar-refractivity contribution in [3.05, 3.63) is 0 Å². The van der Waals surface area contributed by atoms with Gasteiger partial charge in [0.15, 0.2) is 0 Å². The van der Waals surface area contributed by atoms with Gasteiger partial charge in [-0.05, 0) is 25.7 Å². The van der Waals surface area contributed by atoms with E-state index in [1.807, 2.05) is 0 Å². The van der Waals surface area contributed by atoms with E-state index in [0.29, 0.717) is 9.65 Å². The van der Waals surface area contributed by atoms with Gasteiger partial charge < -0.3 is 4.74 Å². The molecule has 0 N–H and O–H groups in total. The number of ether oxygens (including phenoxy) is 1. The van der Waals surface area contributed by atoms with Crippen molar-refractivity contribution in [3.63, 3.8) is 0 Å². The molecule has 0 aliphatic carbocycles. The highest BCUT2D eigenvalue weighted by Gasteiger charge is 1.97.